The highest BCUT2D eigenvalue weighted by molar-refractivity contribution is 5.97. The fraction of sp³-hybridized carbons (Fsp3) is 0.364. The molecule has 0 aliphatic rings. The molecule has 0 radical (unpaired) electrons. The van der Waals surface area contributed by atoms with Crippen LogP contribution in [-0.4, -0.2) is 38.6 Å². The van der Waals surface area contributed by atoms with Crippen LogP contribution in [0.1, 0.15) is 35.3 Å². The van der Waals surface area contributed by atoms with E-state index in [9.17, 15) is 18.4 Å². The highest BCUT2D eigenvalue weighted by atomic mass is 19.3. The summed E-state index contributed by atoms with van der Waals surface area (Å²) in [4.78, 5) is 24.4. The van der Waals surface area contributed by atoms with Crippen molar-refractivity contribution in [1.29, 1.82) is 0 Å². The van der Waals surface area contributed by atoms with Gasteiger partial charge in [-0.05, 0) is 30.7 Å². The molecular weight excluding hydrogens is 394 g/mol. The van der Waals surface area contributed by atoms with Gasteiger partial charge in [0.1, 0.15) is 0 Å². The van der Waals surface area contributed by atoms with Gasteiger partial charge in [-0.25, -0.2) is 0 Å². The van der Waals surface area contributed by atoms with Crippen molar-refractivity contribution >= 4 is 11.8 Å². The first-order chi connectivity index (χ1) is 14.1. The number of benzene rings is 2. The molecule has 0 aliphatic carbocycles. The zero-order chi connectivity index (χ0) is 22.3. The molecule has 2 N–H and O–H groups in total. The average Bonchev–Trinajstić information content (AvgIpc) is 2.70. The Labute approximate surface area is 174 Å². The number of nitrogens with one attached hydrogen (secondary N) is 2. The number of methoxy groups -OCH3 is 1. The van der Waals surface area contributed by atoms with Crippen LogP contribution in [0.15, 0.2) is 42.5 Å². The Morgan fingerprint density at radius 3 is 2.43 bits per heavy atom. The summed E-state index contributed by atoms with van der Waals surface area (Å²) in [5.41, 5.74) is 2.12. The predicted octanol–water partition coefficient (Wildman–Crippen LogP) is 3.43. The number of aryl methyl sites for hydroxylation is 1. The van der Waals surface area contributed by atoms with E-state index in [2.05, 4.69) is 21.4 Å². The molecule has 0 saturated heterocycles. The lowest BCUT2D eigenvalue weighted by Crippen LogP contribution is -2.42. The van der Waals surface area contributed by atoms with Gasteiger partial charge in [0.25, 0.3) is 5.91 Å². The zero-order valence-corrected chi connectivity index (χ0v) is 17.4. The fourth-order valence-electron chi connectivity index (χ4n) is 2.81. The van der Waals surface area contributed by atoms with E-state index in [1.54, 1.807) is 0 Å². The summed E-state index contributed by atoms with van der Waals surface area (Å²) >= 11 is 0. The zero-order valence-electron chi connectivity index (χ0n) is 17.4. The first kappa shape index (κ1) is 23.1. The Balaban J connectivity index is 1.90. The van der Waals surface area contributed by atoms with Crippen molar-refractivity contribution in [2.45, 2.75) is 32.8 Å². The van der Waals surface area contributed by atoms with Crippen LogP contribution >= 0.6 is 0 Å². The molecule has 0 spiro atoms. The van der Waals surface area contributed by atoms with Gasteiger partial charge in [-0.2, -0.15) is 8.78 Å². The van der Waals surface area contributed by atoms with Gasteiger partial charge in [-0.3, -0.25) is 9.59 Å². The summed E-state index contributed by atoms with van der Waals surface area (Å²) in [5.74, 6) is -1.06. The topological polar surface area (TPSA) is 76.7 Å². The predicted molar refractivity (Wildman–Crippen MR) is 109 cm³/mol. The van der Waals surface area contributed by atoms with Crippen LogP contribution in [0.5, 0.6) is 11.5 Å². The molecule has 0 fully saturated rings. The van der Waals surface area contributed by atoms with Crippen molar-refractivity contribution < 1.29 is 27.8 Å². The lowest BCUT2D eigenvalue weighted by molar-refractivity contribution is -0.120. The van der Waals surface area contributed by atoms with Gasteiger partial charge in [0, 0.05) is 17.5 Å². The van der Waals surface area contributed by atoms with Crippen LogP contribution in [0.25, 0.3) is 0 Å². The van der Waals surface area contributed by atoms with Crippen LogP contribution in [0.3, 0.4) is 0 Å². The summed E-state index contributed by atoms with van der Waals surface area (Å²) in [6.45, 7) is 3.23. The van der Waals surface area contributed by atoms with Gasteiger partial charge in [-0.15, -0.1) is 0 Å². The van der Waals surface area contributed by atoms with Crippen molar-refractivity contribution in [2.24, 2.45) is 0 Å². The minimum Gasteiger partial charge on any atom is -0.493 e. The van der Waals surface area contributed by atoms with Crippen LogP contribution in [0, 0.1) is 6.92 Å². The minimum absolute atomic E-state index is 0.00712. The van der Waals surface area contributed by atoms with E-state index in [-0.39, 0.29) is 34.9 Å². The number of halogens is 2. The summed E-state index contributed by atoms with van der Waals surface area (Å²) < 4.78 is 34.1. The molecule has 0 bridgehead atoms. The second-order valence-electron chi connectivity index (χ2n) is 7.46. The summed E-state index contributed by atoms with van der Waals surface area (Å²) in [7, 11) is 1.28. The van der Waals surface area contributed by atoms with Crippen LogP contribution in [-0.2, 0) is 10.2 Å². The summed E-state index contributed by atoms with van der Waals surface area (Å²) in [5, 5.41) is 5.32. The Morgan fingerprint density at radius 2 is 1.80 bits per heavy atom. The first-order valence-electron chi connectivity index (χ1n) is 9.37. The highest BCUT2D eigenvalue weighted by Crippen LogP contribution is 2.29. The number of rotatable bonds is 9. The molecule has 2 rings (SSSR count). The number of carbonyl (C=O) groups excluding carboxylic acids is 2. The van der Waals surface area contributed by atoms with E-state index in [4.69, 9.17) is 4.74 Å². The molecule has 30 heavy (non-hydrogen) atoms. The summed E-state index contributed by atoms with van der Waals surface area (Å²) in [6, 6.07) is 11.9. The minimum atomic E-state index is -3.01. The van der Waals surface area contributed by atoms with E-state index >= 15 is 0 Å². The van der Waals surface area contributed by atoms with Crippen molar-refractivity contribution in [3.8, 4) is 11.5 Å². The first-order valence-corrected chi connectivity index (χ1v) is 9.37. The smallest absolute Gasteiger partial charge is 0.387 e. The Morgan fingerprint density at radius 1 is 1.07 bits per heavy atom. The van der Waals surface area contributed by atoms with Crippen molar-refractivity contribution in [3.05, 3.63) is 59.2 Å². The molecule has 162 valence electrons. The lowest BCUT2D eigenvalue weighted by Gasteiger charge is -2.26. The Bertz CT molecular complexity index is 900. The quantitative estimate of drug-likeness (QED) is 0.652. The maximum Gasteiger partial charge on any atom is 0.387 e. The van der Waals surface area contributed by atoms with Gasteiger partial charge >= 0.3 is 6.61 Å². The van der Waals surface area contributed by atoms with E-state index in [0.717, 1.165) is 11.1 Å². The number of carbonyl (C=O) groups is 2. The summed E-state index contributed by atoms with van der Waals surface area (Å²) in [6.07, 6.45) is 0. The molecule has 0 heterocycles. The second-order valence-corrected chi connectivity index (χ2v) is 7.46. The molecule has 2 aromatic carbocycles. The van der Waals surface area contributed by atoms with Gasteiger partial charge in [0.15, 0.2) is 11.5 Å². The van der Waals surface area contributed by atoms with Gasteiger partial charge in [-0.1, -0.05) is 43.7 Å². The monoisotopic (exact) mass is 420 g/mol. The van der Waals surface area contributed by atoms with Gasteiger partial charge < -0.3 is 20.1 Å². The Hall–Kier alpha value is -3.16. The number of hydrogen-bond acceptors (Lipinski definition) is 4. The third kappa shape index (κ3) is 6.43. The third-order valence-corrected chi connectivity index (χ3v) is 4.58. The van der Waals surface area contributed by atoms with E-state index < -0.39 is 12.5 Å². The van der Waals surface area contributed by atoms with Gasteiger partial charge in [0.2, 0.25) is 5.91 Å². The number of hydrogen-bond donors (Lipinski definition) is 2. The highest BCUT2D eigenvalue weighted by Gasteiger charge is 2.22. The SMILES string of the molecule is COc1cc(C(=O)NCC(=O)NCC(C)(C)c2cccc(C)c2)ccc1OC(F)F. The second kappa shape index (κ2) is 10.0. The Kier molecular flexibility index (Phi) is 7.74. The average molecular weight is 420 g/mol. The van der Waals surface area contributed by atoms with E-state index in [1.807, 2.05) is 39.0 Å². The molecule has 6 nitrogen and oxygen atoms in total. The molecule has 0 saturated carbocycles. The molecule has 2 aromatic rings. The molecule has 0 unspecified atom stereocenters. The van der Waals surface area contributed by atoms with E-state index in [0.29, 0.717) is 6.54 Å². The number of ether oxygens (including phenoxy) is 2. The van der Waals surface area contributed by atoms with Crippen LogP contribution in [0.2, 0.25) is 0 Å². The number of amides is 2. The molecule has 2 amide bonds. The van der Waals surface area contributed by atoms with Crippen molar-refractivity contribution in [2.75, 3.05) is 20.2 Å². The third-order valence-electron chi connectivity index (χ3n) is 4.58. The van der Waals surface area contributed by atoms with Crippen molar-refractivity contribution in [1.82, 2.24) is 10.6 Å². The van der Waals surface area contributed by atoms with Gasteiger partial charge in [0.05, 0.1) is 13.7 Å². The molecule has 8 heteroatoms. The molecular formula is C22H26F2N2O4. The maximum absolute atomic E-state index is 12.4. The lowest BCUT2D eigenvalue weighted by atomic mass is 9.84. The normalized spacial score (nSPS) is 11.2. The van der Waals surface area contributed by atoms with Crippen molar-refractivity contribution in [3.63, 3.8) is 0 Å². The van der Waals surface area contributed by atoms with E-state index in [1.165, 1.54) is 25.3 Å². The number of alkyl halides is 2. The fourth-order valence-corrected chi connectivity index (χ4v) is 2.81. The maximum atomic E-state index is 12.4. The van der Waals surface area contributed by atoms with Crippen LogP contribution < -0.4 is 20.1 Å². The standard InChI is InChI=1S/C22H26F2N2O4/c1-14-6-5-7-16(10-14)22(2,3)13-26-19(27)12-25-20(28)15-8-9-17(30-21(23)24)18(11-15)29-4/h5-11,21H,12-13H2,1-4H3,(H,25,28)(H,26,27). The molecule has 0 aromatic heterocycles. The molecule has 0 aliphatic heterocycles. The largest absolute Gasteiger partial charge is 0.493 e. The molecule has 0 atom stereocenters. The van der Waals surface area contributed by atoms with Crippen LogP contribution in [0.4, 0.5) is 8.78 Å².